The Morgan fingerprint density at radius 1 is 1.71 bits per heavy atom. The van der Waals surface area contributed by atoms with Crippen molar-refractivity contribution in [2.24, 2.45) is 11.8 Å². The first kappa shape index (κ1) is 11.9. The van der Waals surface area contributed by atoms with E-state index in [1.807, 2.05) is 6.08 Å². The van der Waals surface area contributed by atoms with E-state index in [-0.39, 0.29) is 32.7 Å². The van der Waals surface area contributed by atoms with Gasteiger partial charge in [0.25, 0.3) is 11.9 Å². The molecule has 0 aromatic heterocycles. The van der Waals surface area contributed by atoms with Gasteiger partial charge in [-0.2, -0.15) is 0 Å². The molecule has 0 aromatic rings. The van der Waals surface area contributed by atoms with Crippen LogP contribution in [0.5, 0.6) is 0 Å². The Bertz CT molecular complexity index is 310. The molecule has 1 N–H and O–H groups in total. The van der Waals surface area contributed by atoms with Crippen LogP contribution in [-0.4, -0.2) is 17.0 Å². The Hall–Kier alpha value is -0.216. The van der Waals surface area contributed by atoms with E-state index < -0.39 is 23.8 Å². The molecule has 1 fully saturated rings. The molecular formula is C9H9O4Y-. The molecule has 4 nitrogen and oxygen atoms in total. The second kappa shape index (κ2) is 4.11. The van der Waals surface area contributed by atoms with Gasteiger partial charge in [-0.05, 0) is 12.8 Å². The number of carboxylic acids is 1. The monoisotopic (exact) mass is 270 g/mol. The van der Waals surface area contributed by atoms with Crippen LogP contribution < -0.4 is 0 Å². The summed E-state index contributed by atoms with van der Waals surface area (Å²) in [5, 5.41) is 8.87. The van der Waals surface area contributed by atoms with Crippen molar-refractivity contribution in [3.05, 3.63) is 17.8 Å². The Labute approximate surface area is 107 Å². The summed E-state index contributed by atoms with van der Waals surface area (Å²) in [7, 11) is 0. The van der Waals surface area contributed by atoms with E-state index in [2.05, 4.69) is 0 Å². The average Bonchev–Trinajstić information content (AvgIpc) is 2.31. The molecule has 0 saturated carbocycles. The Balaban J connectivity index is 0.000000980. The molecule has 14 heavy (non-hydrogen) atoms. The number of fused-ring (bicyclic) bond motifs is 2. The zero-order valence-electron chi connectivity index (χ0n) is 7.69. The van der Waals surface area contributed by atoms with Gasteiger partial charge in [-0.3, -0.25) is 9.59 Å². The van der Waals surface area contributed by atoms with Crippen LogP contribution >= 0.6 is 0 Å². The normalized spacial score (nSPS) is 30.4. The fraction of sp³-hybridized carbons (Fsp3) is 0.444. The summed E-state index contributed by atoms with van der Waals surface area (Å²) in [6, 6.07) is 0. The second-order valence-electron chi connectivity index (χ2n) is 3.33. The van der Waals surface area contributed by atoms with E-state index in [1.165, 1.54) is 0 Å². The van der Waals surface area contributed by atoms with Crippen LogP contribution in [-0.2, 0) is 47.0 Å². The third kappa shape index (κ3) is 1.65. The molecule has 1 saturated heterocycles. The summed E-state index contributed by atoms with van der Waals surface area (Å²) >= 11 is 0. The number of carboxylic acid groups (broad SMARTS) is 1. The Morgan fingerprint density at radius 3 is 2.86 bits per heavy atom. The Kier molecular flexibility index (Phi) is 3.48. The molecule has 73 valence electrons. The fourth-order valence-corrected chi connectivity index (χ4v) is 1.86. The summed E-state index contributed by atoms with van der Waals surface area (Å²) in [5.74, 6) is -2.73. The predicted octanol–water partition coefficient (Wildman–Crippen LogP) is 0.740. The van der Waals surface area contributed by atoms with E-state index in [1.54, 1.807) is 6.92 Å². The van der Waals surface area contributed by atoms with Crippen LogP contribution in [0.1, 0.15) is 13.3 Å². The first-order chi connectivity index (χ1) is 6.11. The van der Waals surface area contributed by atoms with Crippen molar-refractivity contribution in [3.8, 4) is 0 Å². The summed E-state index contributed by atoms with van der Waals surface area (Å²) in [4.78, 5) is 22.1. The Morgan fingerprint density at radius 2 is 2.36 bits per heavy atom. The first-order valence-corrected chi connectivity index (χ1v) is 4.08. The van der Waals surface area contributed by atoms with Crippen LogP contribution in [0.4, 0.5) is 0 Å². The smallest absolute Gasteiger partial charge is 0.280 e. The van der Waals surface area contributed by atoms with E-state index in [0.717, 1.165) is 5.57 Å². The van der Waals surface area contributed by atoms with E-state index in [0.29, 0.717) is 12.5 Å². The molecular weight excluding hydrogens is 261 g/mol. The van der Waals surface area contributed by atoms with Gasteiger partial charge >= 0.3 is 0 Å². The average molecular weight is 270 g/mol. The second-order valence-corrected chi connectivity index (χ2v) is 3.33. The molecule has 2 aliphatic rings. The molecule has 0 aromatic carbocycles. The number of carbonyl (C=O) groups excluding carboxylic acids is 1. The number of hydrogen-bond acceptors (Lipinski definition) is 3. The van der Waals surface area contributed by atoms with Gasteiger partial charge in [-0.25, -0.2) is 0 Å². The number of rotatable bonds is 1. The minimum Gasteiger partial charge on any atom is -0.632 e. The summed E-state index contributed by atoms with van der Waals surface area (Å²) < 4.78 is 4.87. The molecule has 1 aliphatic heterocycles. The molecule has 1 heterocycles. The SMILES string of the molecule is CC1=CC[C-]2OC(=O)C1C2C(=O)O.[Y]. The van der Waals surface area contributed by atoms with Gasteiger partial charge in [-0.15, -0.1) is 18.6 Å². The summed E-state index contributed by atoms with van der Waals surface area (Å²) in [6.45, 7) is 1.77. The van der Waals surface area contributed by atoms with Gasteiger partial charge in [0.15, 0.2) is 0 Å². The minimum absolute atomic E-state index is 0. The molecule has 2 unspecified atom stereocenters. The van der Waals surface area contributed by atoms with Crippen LogP contribution in [0, 0.1) is 17.9 Å². The van der Waals surface area contributed by atoms with Crippen molar-refractivity contribution in [3.63, 3.8) is 0 Å². The maximum atomic E-state index is 11.2. The number of aliphatic carboxylic acids is 1. The van der Waals surface area contributed by atoms with Gasteiger partial charge in [0.1, 0.15) is 0 Å². The van der Waals surface area contributed by atoms with Crippen LogP contribution in [0.15, 0.2) is 11.6 Å². The van der Waals surface area contributed by atoms with Crippen LogP contribution in [0.3, 0.4) is 0 Å². The number of esters is 1. The predicted molar refractivity (Wildman–Crippen MR) is 42.3 cm³/mol. The topological polar surface area (TPSA) is 63.6 Å². The molecule has 0 amide bonds. The number of ether oxygens (including phenoxy) is 1. The molecule has 0 spiro atoms. The standard InChI is InChI=1S/C9H9O4.Y/c1-4-2-3-5-7(8(10)11)6(4)9(12)13-5;/h2,6-7H,3H2,1H3,(H,10,11);/q-1;. The summed E-state index contributed by atoms with van der Waals surface area (Å²) in [6.07, 6.45) is 2.68. The molecule has 2 atom stereocenters. The molecule has 2 bridgehead atoms. The largest absolute Gasteiger partial charge is 0.632 e. The minimum atomic E-state index is -0.974. The van der Waals surface area contributed by atoms with Crippen LogP contribution in [0.25, 0.3) is 0 Å². The zero-order chi connectivity index (χ0) is 9.59. The maximum Gasteiger partial charge on any atom is 0.280 e. The summed E-state index contributed by atoms with van der Waals surface area (Å²) in [5.41, 5.74) is 0.804. The van der Waals surface area contributed by atoms with Crippen molar-refractivity contribution in [2.75, 3.05) is 0 Å². The van der Waals surface area contributed by atoms with Crippen molar-refractivity contribution >= 4 is 11.9 Å². The van der Waals surface area contributed by atoms with Gasteiger partial charge in [0.05, 0.1) is 5.92 Å². The van der Waals surface area contributed by atoms with Gasteiger partial charge in [-0.1, -0.05) is 5.57 Å². The molecule has 1 radical (unpaired) electrons. The third-order valence-electron chi connectivity index (χ3n) is 2.55. The van der Waals surface area contributed by atoms with Crippen molar-refractivity contribution in [1.82, 2.24) is 0 Å². The van der Waals surface area contributed by atoms with Crippen molar-refractivity contribution < 1.29 is 52.1 Å². The molecule has 5 heteroatoms. The van der Waals surface area contributed by atoms with E-state index >= 15 is 0 Å². The van der Waals surface area contributed by atoms with Crippen molar-refractivity contribution in [1.29, 1.82) is 0 Å². The fourth-order valence-electron chi connectivity index (χ4n) is 1.86. The number of hydrogen-bond donors (Lipinski definition) is 1. The molecule has 2 rings (SSSR count). The quantitative estimate of drug-likeness (QED) is 0.433. The van der Waals surface area contributed by atoms with Gasteiger partial charge in [0.2, 0.25) is 0 Å². The van der Waals surface area contributed by atoms with Crippen molar-refractivity contribution in [2.45, 2.75) is 13.3 Å². The number of carbonyl (C=O) groups is 2. The van der Waals surface area contributed by atoms with Crippen LogP contribution in [0.2, 0.25) is 0 Å². The first-order valence-electron chi connectivity index (χ1n) is 4.08. The van der Waals surface area contributed by atoms with Gasteiger partial charge in [0, 0.05) is 32.7 Å². The van der Waals surface area contributed by atoms with Gasteiger partial charge < -0.3 is 9.84 Å². The third-order valence-corrected chi connectivity index (χ3v) is 2.55. The van der Waals surface area contributed by atoms with E-state index in [4.69, 9.17) is 9.84 Å². The molecule has 1 aliphatic carbocycles. The zero-order valence-corrected chi connectivity index (χ0v) is 10.5. The van der Waals surface area contributed by atoms with E-state index in [9.17, 15) is 9.59 Å². The maximum absolute atomic E-state index is 11.2.